The van der Waals surface area contributed by atoms with Crippen LogP contribution in [0.25, 0.3) is 0 Å². The molecular formula is C9H9F3N2O. The zero-order valence-corrected chi connectivity index (χ0v) is 7.88. The summed E-state index contributed by atoms with van der Waals surface area (Å²) in [5.41, 5.74) is 0.572. The first-order valence-electron chi connectivity index (χ1n) is 4.19. The molecule has 1 amide bonds. The molecule has 1 N–H and O–H groups in total. The first-order chi connectivity index (χ1) is 6.91. The summed E-state index contributed by atoms with van der Waals surface area (Å²) in [6.45, 7) is 1.47. The molecule has 15 heavy (non-hydrogen) atoms. The topological polar surface area (TPSA) is 42.0 Å². The minimum atomic E-state index is -4.85. The van der Waals surface area contributed by atoms with Crippen LogP contribution in [0.4, 0.5) is 13.2 Å². The van der Waals surface area contributed by atoms with Crippen LogP contribution in [0.15, 0.2) is 24.5 Å². The molecule has 0 unspecified atom stereocenters. The van der Waals surface area contributed by atoms with E-state index in [1.165, 1.54) is 19.3 Å². The smallest absolute Gasteiger partial charge is 0.342 e. The van der Waals surface area contributed by atoms with Gasteiger partial charge in [0.05, 0.1) is 6.04 Å². The Bertz CT molecular complexity index is 337. The van der Waals surface area contributed by atoms with E-state index in [1.54, 1.807) is 12.1 Å². The van der Waals surface area contributed by atoms with Gasteiger partial charge in [-0.2, -0.15) is 13.2 Å². The lowest BCUT2D eigenvalue weighted by atomic mass is 10.1. The Morgan fingerprint density at radius 1 is 1.40 bits per heavy atom. The molecule has 0 radical (unpaired) electrons. The minimum absolute atomic E-state index is 0.572. The first kappa shape index (κ1) is 11.5. The third kappa shape index (κ3) is 3.23. The molecule has 6 heteroatoms. The lowest BCUT2D eigenvalue weighted by molar-refractivity contribution is -0.174. The van der Waals surface area contributed by atoms with E-state index in [1.807, 2.05) is 5.32 Å². The lowest BCUT2D eigenvalue weighted by Crippen LogP contribution is -2.38. The van der Waals surface area contributed by atoms with E-state index in [2.05, 4.69) is 4.98 Å². The van der Waals surface area contributed by atoms with Crippen molar-refractivity contribution in [3.63, 3.8) is 0 Å². The second kappa shape index (κ2) is 4.29. The Hall–Kier alpha value is -1.59. The van der Waals surface area contributed by atoms with Crippen molar-refractivity contribution < 1.29 is 18.0 Å². The van der Waals surface area contributed by atoms with E-state index in [9.17, 15) is 18.0 Å². The van der Waals surface area contributed by atoms with Crippen LogP contribution in [0.3, 0.4) is 0 Å². The van der Waals surface area contributed by atoms with Gasteiger partial charge in [0.25, 0.3) is 0 Å². The van der Waals surface area contributed by atoms with E-state index in [0.717, 1.165) is 0 Å². The molecule has 1 heterocycles. The average molecular weight is 218 g/mol. The Morgan fingerprint density at radius 3 is 2.40 bits per heavy atom. The van der Waals surface area contributed by atoms with Gasteiger partial charge in [-0.05, 0) is 24.6 Å². The second-order valence-corrected chi connectivity index (χ2v) is 2.97. The molecule has 0 spiro atoms. The molecule has 0 aliphatic heterocycles. The number of nitrogens with zero attached hydrogens (tertiary/aromatic N) is 1. The Morgan fingerprint density at radius 2 is 1.93 bits per heavy atom. The van der Waals surface area contributed by atoms with Crippen LogP contribution < -0.4 is 5.32 Å². The quantitative estimate of drug-likeness (QED) is 0.822. The fourth-order valence-corrected chi connectivity index (χ4v) is 1.01. The van der Waals surface area contributed by atoms with Crippen molar-refractivity contribution >= 4 is 5.91 Å². The summed E-state index contributed by atoms with van der Waals surface area (Å²) >= 11 is 0. The third-order valence-corrected chi connectivity index (χ3v) is 1.81. The molecular weight excluding hydrogens is 209 g/mol. The highest BCUT2D eigenvalue weighted by Gasteiger charge is 2.39. The van der Waals surface area contributed by atoms with E-state index in [4.69, 9.17) is 0 Å². The molecule has 1 atom stereocenters. The van der Waals surface area contributed by atoms with E-state index in [0.29, 0.717) is 5.56 Å². The third-order valence-electron chi connectivity index (χ3n) is 1.81. The molecule has 0 bridgehead atoms. The van der Waals surface area contributed by atoms with Crippen molar-refractivity contribution in [1.29, 1.82) is 0 Å². The number of hydrogen-bond donors (Lipinski definition) is 1. The van der Waals surface area contributed by atoms with Gasteiger partial charge in [0.15, 0.2) is 0 Å². The predicted octanol–water partition coefficient (Wildman–Crippen LogP) is 1.82. The highest BCUT2D eigenvalue weighted by molar-refractivity contribution is 5.82. The number of hydrogen-bond acceptors (Lipinski definition) is 2. The highest BCUT2D eigenvalue weighted by atomic mass is 19.4. The van der Waals surface area contributed by atoms with Gasteiger partial charge in [0, 0.05) is 12.4 Å². The lowest BCUT2D eigenvalue weighted by Gasteiger charge is -2.15. The average Bonchev–Trinajstić information content (AvgIpc) is 2.17. The van der Waals surface area contributed by atoms with Gasteiger partial charge in [0.2, 0.25) is 0 Å². The molecule has 0 fully saturated rings. The van der Waals surface area contributed by atoms with Crippen LogP contribution in [-0.4, -0.2) is 17.1 Å². The number of amides is 1. The molecule has 3 nitrogen and oxygen atoms in total. The van der Waals surface area contributed by atoms with Gasteiger partial charge in [-0.3, -0.25) is 9.78 Å². The van der Waals surface area contributed by atoms with Crippen molar-refractivity contribution in [1.82, 2.24) is 10.3 Å². The van der Waals surface area contributed by atoms with Crippen LogP contribution in [0.1, 0.15) is 18.5 Å². The Labute approximate surface area is 84.3 Å². The number of nitrogens with one attached hydrogen (secondary N) is 1. The van der Waals surface area contributed by atoms with Crippen molar-refractivity contribution in [2.75, 3.05) is 0 Å². The monoisotopic (exact) mass is 218 g/mol. The maximum atomic E-state index is 11.9. The van der Waals surface area contributed by atoms with Crippen molar-refractivity contribution in [3.8, 4) is 0 Å². The molecule has 1 aromatic rings. The minimum Gasteiger partial charge on any atom is -0.342 e. The number of pyridine rings is 1. The fraction of sp³-hybridized carbons (Fsp3) is 0.333. The Kier molecular flexibility index (Phi) is 3.28. The fourth-order valence-electron chi connectivity index (χ4n) is 1.01. The highest BCUT2D eigenvalue weighted by Crippen LogP contribution is 2.17. The molecule has 82 valence electrons. The maximum Gasteiger partial charge on any atom is 0.471 e. The predicted molar refractivity (Wildman–Crippen MR) is 46.8 cm³/mol. The standard InChI is InChI=1S/C9H9F3N2O/c1-6(7-2-4-13-5-3-7)14-8(15)9(10,11)12/h2-6H,1H3,(H,14,15)/t6-/m0/s1. The normalized spacial score (nSPS) is 13.3. The molecule has 0 saturated heterocycles. The van der Waals surface area contributed by atoms with Gasteiger partial charge >= 0.3 is 12.1 Å². The Balaban J connectivity index is 2.65. The van der Waals surface area contributed by atoms with E-state index >= 15 is 0 Å². The van der Waals surface area contributed by atoms with Crippen molar-refractivity contribution in [3.05, 3.63) is 30.1 Å². The summed E-state index contributed by atoms with van der Waals surface area (Å²) in [7, 11) is 0. The van der Waals surface area contributed by atoms with Gasteiger partial charge in [-0.15, -0.1) is 0 Å². The largest absolute Gasteiger partial charge is 0.471 e. The summed E-state index contributed by atoms with van der Waals surface area (Å²) < 4.78 is 35.7. The molecule has 1 aromatic heterocycles. The SMILES string of the molecule is C[C@H](NC(=O)C(F)(F)F)c1ccncc1. The summed E-state index contributed by atoms with van der Waals surface area (Å²) in [4.78, 5) is 14.3. The molecule has 0 aliphatic carbocycles. The summed E-state index contributed by atoms with van der Waals surface area (Å²) in [5, 5.41) is 1.84. The van der Waals surface area contributed by atoms with Crippen LogP contribution in [0.5, 0.6) is 0 Å². The first-order valence-corrected chi connectivity index (χ1v) is 4.19. The summed E-state index contributed by atoms with van der Waals surface area (Å²) in [6.07, 6.45) is -1.95. The summed E-state index contributed by atoms with van der Waals surface area (Å²) in [5.74, 6) is -1.94. The molecule has 0 aliphatic rings. The van der Waals surface area contributed by atoms with Crippen LogP contribution in [0.2, 0.25) is 0 Å². The number of aromatic nitrogens is 1. The number of rotatable bonds is 2. The molecule has 0 aromatic carbocycles. The zero-order chi connectivity index (χ0) is 11.5. The van der Waals surface area contributed by atoms with Gasteiger partial charge in [-0.25, -0.2) is 0 Å². The van der Waals surface area contributed by atoms with E-state index < -0.39 is 18.1 Å². The second-order valence-electron chi connectivity index (χ2n) is 2.97. The summed E-state index contributed by atoms with van der Waals surface area (Å²) in [6, 6.07) is 2.39. The maximum absolute atomic E-state index is 11.9. The molecule has 1 rings (SSSR count). The van der Waals surface area contributed by atoms with Crippen LogP contribution >= 0.6 is 0 Å². The van der Waals surface area contributed by atoms with Gasteiger partial charge < -0.3 is 5.32 Å². The number of carbonyl (C=O) groups excluding carboxylic acids is 1. The van der Waals surface area contributed by atoms with Crippen molar-refractivity contribution in [2.24, 2.45) is 0 Å². The van der Waals surface area contributed by atoms with Crippen molar-refractivity contribution in [2.45, 2.75) is 19.1 Å². The number of alkyl halides is 3. The van der Waals surface area contributed by atoms with Crippen LogP contribution in [-0.2, 0) is 4.79 Å². The number of halogens is 3. The van der Waals surface area contributed by atoms with Crippen LogP contribution in [0, 0.1) is 0 Å². The molecule has 0 saturated carbocycles. The zero-order valence-electron chi connectivity index (χ0n) is 7.88. The number of carbonyl (C=O) groups is 1. The van der Waals surface area contributed by atoms with Gasteiger partial charge in [0.1, 0.15) is 0 Å². The van der Waals surface area contributed by atoms with Gasteiger partial charge in [-0.1, -0.05) is 0 Å². The van der Waals surface area contributed by atoms with E-state index in [-0.39, 0.29) is 0 Å².